The SMILES string of the molecule is Br.CCCCCCCCCCCCC(Cc1ccccc1)C(C)(C)N.O. The maximum Gasteiger partial charge on any atom is 0.0129 e. The Bertz CT molecular complexity index is 402. The van der Waals surface area contributed by atoms with Crippen LogP contribution in [-0.2, 0) is 6.42 Å². The third-order valence-electron chi connectivity index (χ3n) is 5.28. The molecular formula is C23H44BrNO. The summed E-state index contributed by atoms with van der Waals surface area (Å²) in [5, 5.41) is 0. The summed E-state index contributed by atoms with van der Waals surface area (Å²) in [6.45, 7) is 6.67. The van der Waals surface area contributed by atoms with E-state index in [9.17, 15) is 0 Å². The lowest BCUT2D eigenvalue weighted by atomic mass is 9.80. The van der Waals surface area contributed by atoms with E-state index in [1.807, 2.05) is 0 Å². The lowest BCUT2D eigenvalue weighted by Crippen LogP contribution is -2.42. The quantitative estimate of drug-likeness (QED) is 0.330. The van der Waals surface area contributed by atoms with Crippen molar-refractivity contribution in [3.63, 3.8) is 0 Å². The molecule has 0 heterocycles. The van der Waals surface area contributed by atoms with E-state index in [1.165, 1.54) is 76.2 Å². The van der Waals surface area contributed by atoms with Gasteiger partial charge in [0.25, 0.3) is 0 Å². The van der Waals surface area contributed by atoms with Crippen molar-refractivity contribution < 1.29 is 5.48 Å². The summed E-state index contributed by atoms with van der Waals surface area (Å²) >= 11 is 0. The van der Waals surface area contributed by atoms with Crippen molar-refractivity contribution in [1.82, 2.24) is 0 Å². The van der Waals surface area contributed by atoms with Gasteiger partial charge in [-0.1, -0.05) is 101 Å². The highest BCUT2D eigenvalue weighted by atomic mass is 79.9. The molecule has 0 amide bonds. The van der Waals surface area contributed by atoms with Crippen LogP contribution < -0.4 is 5.73 Å². The average Bonchev–Trinajstić information content (AvgIpc) is 2.55. The standard InChI is InChI=1S/C23H41N.BrH.H2O/c1-4-5-6-7-8-9-10-11-12-16-19-22(23(2,3)24)20-21-17-14-13-15-18-21;;/h13-15,17-18,22H,4-12,16,19-20,24H2,1-3H3;1H;1H2. The van der Waals surface area contributed by atoms with Gasteiger partial charge in [-0.25, -0.2) is 0 Å². The molecule has 0 aliphatic heterocycles. The van der Waals surface area contributed by atoms with E-state index < -0.39 is 0 Å². The normalized spacial score (nSPS) is 12.2. The zero-order valence-electron chi connectivity index (χ0n) is 17.4. The Balaban J connectivity index is 0. The van der Waals surface area contributed by atoms with E-state index in [1.54, 1.807) is 0 Å². The Morgan fingerprint density at radius 1 is 0.808 bits per heavy atom. The van der Waals surface area contributed by atoms with Crippen molar-refractivity contribution in [2.24, 2.45) is 11.7 Å². The molecule has 0 radical (unpaired) electrons. The molecule has 0 bridgehead atoms. The summed E-state index contributed by atoms with van der Waals surface area (Å²) < 4.78 is 0. The predicted molar refractivity (Wildman–Crippen MR) is 122 cm³/mol. The molecule has 1 atom stereocenters. The fourth-order valence-electron chi connectivity index (χ4n) is 3.51. The monoisotopic (exact) mass is 429 g/mol. The van der Waals surface area contributed by atoms with E-state index in [-0.39, 0.29) is 28.0 Å². The first-order valence-corrected chi connectivity index (χ1v) is 10.4. The van der Waals surface area contributed by atoms with Crippen molar-refractivity contribution in [3.05, 3.63) is 35.9 Å². The molecule has 1 rings (SSSR count). The molecule has 4 N–H and O–H groups in total. The van der Waals surface area contributed by atoms with Crippen molar-refractivity contribution in [2.45, 2.75) is 103 Å². The maximum absolute atomic E-state index is 6.45. The molecule has 0 aliphatic carbocycles. The molecule has 0 aromatic heterocycles. The van der Waals surface area contributed by atoms with Crippen LogP contribution in [-0.4, -0.2) is 11.0 Å². The second kappa shape index (κ2) is 16.8. The molecular weight excluding hydrogens is 386 g/mol. The van der Waals surface area contributed by atoms with Gasteiger partial charge in [0.2, 0.25) is 0 Å². The zero-order valence-corrected chi connectivity index (χ0v) is 19.1. The Kier molecular flexibility index (Phi) is 18.0. The Hall–Kier alpha value is -0.380. The summed E-state index contributed by atoms with van der Waals surface area (Å²) in [7, 11) is 0. The molecule has 26 heavy (non-hydrogen) atoms. The maximum atomic E-state index is 6.45. The summed E-state index contributed by atoms with van der Waals surface area (Å²) in [6, 6.07) is 10.8. The fourth-order valence-corrected chi connectivity index (χ4v) is 3.51. The van der Waals surface area contributed by atoms with Crippen LogP contribution in [0.3, 0.4) is 0 Å². The second-order valence-corrected chi connectivity index (χ2v) is 8.18. The molecule has 2 nitrogen and oxygen atoms in total. The van der Waals surface area contributed by atoms with Gasteiger partial charge in [0.15, 0.2) is 0 Å². The number of halogens is 1. The zero-order chi connectivity index (χ0) is 17.7. The molecule has 3 heteroatoms. The highest BCUT2D eigenvalue weighted by Gasteiger charge is 2.24. The minimum Gasteiger partial charge on any atom is -0.412 e. The highest BCUT2D eigenvalue weighted by Crippen LogP contribution is 2.25. The van der Waals surface area contributed by atoms with Gasteiger partial charge in [0, 0.05) is 5.54 Å². The van der Waals surface area contributed by atoms with E-state index in [0.29, 0.717) is 5.92 Å². The summed E-state index contributed by atoms with van der Waals surface area (Å²) in [5.41, 5.74) is 7.78. The Labute approximate surface area is 173 Å². The molecule has 1 unspecified atom stereocenters. The minimum atomic E-state index is -0.0882. The molecule has 0 saturated carbocycles. The molecule has 0 saturated heterocycles. The van der Waals surface area contributed by atoms with Gasteiger partial charge in [-0.05, 0) is 38.2 Å². The number of unbranched alkanes of at least 4 members (excludes halogenated alkanes) is 9. The summed E-state index contributed by atoms with van der Waals surface area (Å²) in [5.74, 6) is 0.578. The van der Waals surface area contributed by atoms with Gasteiger partial charge in [0.05, 0.1) is 0 Å². The van der Waals surface area contributed by atoms with Crippen LogP contribution in [0.15, 0.2) is 30.3 Å². The summed E-state index contributed by atoms with van der Waals surface area (Å²) in [6.07, 6.45) is 16.4. The van der Waals surface area contributed by atoms with Crippen molar-refractivity contribution in [2.75, 3.05) is 0 Å². The highest BCUT2D eigenvalue weighted by molar-refractivity contribution is 8.93. The predicted octanol–water partition coefficient (Wildman–Crippen LogP) is 6.65. The van der Waals surface area contributed by atoms with Crippen LogP contribution in [0.2, 0.25) is 0 Å². The molecule has 0 spiro atoms. The number of rotatable bonds is 14. The van der Waals surface area contributed by atoms with Crippen LogP contribution in [0.4, 0.5) is 0 Å². The van der Waals surface area contributed by atoms with Crippen LogP contribution in [0.25, 0.3) is 0 Å². The van der Waals surface area contributed by atoms with E-state index >= 15 is 0 Å². The van der Waals surface area contributed by atoms with Gasteiger partial charge in [-0.15, -0.1) is 17.0 Å². The van der Waals surface area contributed by atoms with Crippen molar-refractivity contribution >= 4 is 17.0 Å². The third kappa shape index (κ3) is 13.8. The molecule has 1 aromatic carbocycles. The van der Waals surface area contributed by atoms with E-state index in [0.717, 1.165) is 6.42 Å². The first-order valence-electron chi connectivity index (χ1n) is 10.4. The lowest BCUT2D eigenvalue weighted by Gasteiger charge is -2.31. The first kappa shape index (κ1) is 27.8. The van der Waals surface area contributed by atoms with Crippen molar-refractivity contribution in [1.29, 1.82) is 0 Å². The van der Waals surface area contributed by atoms with Gasteiger partial charge in [0.1, 0.15) is 0 Å². The smallest absolute Gasteiger partial charge is 0.0129 e. The second-order valence-electron chi connectivity index (χ2n) is 8.18. The summed E-state index contributed by atoms with van der Waals surface area (Å²) in [4.78, 5) is 0. The molecule has 1 aromatic rings. The van der Waals surface area contributed by atoms with Crippen molar-refractivity contribution in [3.8, 4) is 0 Å². The Morgan fingerprint density at radius 3 is 1.73 bits per heavy atom. The van der Waals surface area contributed by atoms with Gasteiger partial charge in [-0.2, -0.15) is 0 Å². The minimum absolute atomic E-state index is 0. The number of hydrogen-bond acceptors (Lipinski definition) is 1. The van der Waals surface area contributed by atoms with Crippen LogP contribution >= 0.6 is 17.0 Å². The average molecular weight is 431 g/mol. The van der Waals surface area contributed by atoms with Gasteiger partial charge in [-0.3, -0.25) is 0 Å². The fraction of sp³-hybridized carbons (Fsp3) is 0.739. The lowest BCUT2D eigenvalue weighted by molar-refractivity contribution is 0.290. The number of hydrogen-bond donors (Lipinski definition) is 1. The first-order chi connectivity index (χ1) is 11.5. The van der Waals surface area contributed by atoms with Gasteiger partial charge < -0.3 is 11.2 Å². The van der Waals surface area contributed by atoms with Crippen LogP contribution in [0.1, 0.15) is 97.0 Å². The van der Waals surface area contributed by atoms with Crippen LogP contribution in [0, 0.1) is 5.92 Å². The number of nitrogens with two attached hydrogens (primary N) is 1. The largest absolute Gasteiger partial charge is 0.412 e. The molecule has 0 fully saturated rings. The third-order valence-corrected chi connectivity index (χ3v) is 5.28. The Morgan fingerprint density at radius 2 is 1.27 bits per heavy atom. The van der Waals surface area contributed by atoms with Gasteiger partial charge >= 0.3 is 0 Å². The number of benzene rings is 1. The molecule has 154 valence electrons. The topological polar surface area (TPSA) is 57.5 Å². The van der Waals surface area contributed by atoms with E-state index in [2.05, 4.69) is 51.1 Å². The van der Waals surface area contributed by atoms with E-state index in [4.69, 9.17) is 5.73 Å². The molecule has 0 aliphatic rings. The van der Waals surface area contributed by atoms with Crippen LogP contribution in [0.5, 0.6) is 0 Å².